The summed E-state index contributed by atoms with van der Waals surface area (Å²) in [6.07, 6.45) is 14.0. The molecule has 1 atom stereocenters. The van der Waals surface area contributed by atoms with Crippen molar-refractivity contribution in [1.29, 1.82) is 0 Å². The van der Waals surface area contributed by atoms with Gasteiger partial charge in [-0.1, -0.05) is 55.2 Å². The van der Waals surface area contributed by atoms with Crippen molar-refractivity contribution in [2.24, 2.45) is 7.05 Å². The summed E-state index contributed by atoms with van der Waals surface area (Å²) in [5.41, 5.74) is 3.52. The van der Waals surface area contributed by atoms with Gasteiger partial charge in [-0.3, -0.25) is 4.79 Å². The molecule has 0 amide bonds. The molecular weight excluding hydrogens is 322 g/mol. The highest BCUT2D eigenvalue weighted by Crippen LogP contribution is 2.18. The van der Waals surface area contributed by atoms with E-state index in [-0.39, 0.29) is 11.5 Å². The van der Waals surface area contributed by atoms with Gasteiger partial charge in [0.1, 0.15) is 0 Å². The third-order valence-corrected chi connectivity index (χ3v) is 4.03. The van der Waals surface area contributed by atoms with Crippen LogP contribution in [-0.2, 0) is 18.2 Å². The average Bonchev–Trinajstić information content (AvgIpc) is 2.63. The Morgan fingerprint density at radius 3 is 2.85 bits per heavy atom. The number of aromatic nitrogens is 1. The third-order valence-electron chi connectivity index (χ3n) is 4.03. The first-order valence-corrected chi connectivity index (χ1v) is 8.92. The van der Waals surface area contributed by atoms with E-state index in [2.05, 4.69) is 6.58 Å². The van der Waals surface area contributed by atoms with Gasteiger partial charge >= 0.3 is 0 Å². The summed E-state index contributed by atoms with van der Waals surface area (Å²) in [5.74, 6) is 0. The van der Waals surface area contributed by atoms with Crippen molar-refractivity contribution in [2.45, 2.75) is 26.4 Å². The van der Waals surface area contributed by atoms with E-state index in [1.165, 1.54) is 0 Å². The van der Waals surface area contributed by atoms with Crippen LogP contribution in [0, 0.1) is 0 Å². The summed E-state index contributed by atoms with van der Waals surface area (Å²) in [4.78, 5) is 12.9. The minimum atomic E-state index is 0.0559. The molecule has 2 rings (SSSR count). The summed E-state index contributed by atoms with van der Waals surface area (Å²) in [5, 5.41) is 0. The van der Waals surface area contributed by atoms with Crippen LogP contribution >= 0.6 is 0 Å². The van der Waals surface area contributed by atoms with Crippen LogP contribution in [0.25, 0.3) is 17.2 Å². The predicted molar refractivity (Wildman–Crippen MR) is 110 cm³/mol. The Kier molecular flexibility index (Phi) is 7.37. The van der Waals surface area contributed by atoms with Crippen molar-refractivity contribution < 1.29 is 4.74 Å². The van der Waals surface area contributed by atoms with Gasteiger partial charge < -0.3 is 9.30 Å². The zero-order valence-corrected chi connectivity index (χ0v) is 15.8. The Morgan fingerprint density at radius 2 is 2.12 bits per heavy atom. The van der Waals surface area contributed by atoms with Crippen LogP contribution in [-0.4, -0.2) is 17.3 Å². The molecule has 1 unspecified atom stereocenters. The number of rotatable bonds is 8. The first-order chi connectivity index (χ1) is 12.5. The first-order valence-electron chi connectivity index (χ1n) is 8.92. The molecule has 1 aromatic carbocycles. The molecule has 1 aromatic heterocycles. The van der Waals surface area contributed by atoms with Gasteiger partial charge in [0.25, 0.3) is 0 Å². The van der Waals surface area contributed by atoms with Crippen molar-refractivity contribution in [3.05, 3.63) is 88.9 Å². The van der Waals surface area contributed by atoms with Gasteiger partial charge in [0.15, 0.2) is 5.43 Å². The molecule has 3 heteroatoms. The van der Waals surface area contributed by atoms with Crippen LogP contribution in [0.1, 0.15) is 25.0 Å². The number of aryl methyl sites for hydroxylation is 1. The Morgan fingerprint density at radius 1 is 1.31 bits per heavy atom. The molecule has 1 heterocycles. The summed E-state index contributed by atoms with van der Waals surface area (Å²) in [7, 11) is 1.94. The molecule has 0 spiro atoms. The van der Waals surface area contributed by atoms with Crippen LogP contribution in [0.15, 0.2) is 72.3 Å². The third kappa shape index (κ3) is 5.43. The SMILES string of the molecule is C=CC=Cc1cccc(-c2cn(C)cc(CC=CC(C)OCC)c2=O)c1. The fraction of sp³-hybridized carbons (Fsp3) is 0.261. The highest BCUT2D eigenvalue weighted by molar-refractivity contribution is 5.67. The molecule has 136 valence electrons. The molecule has 0 aliphatic rings. The van der Waals surface area contributed by atoms with Crippen molar-refractivity contribution in [3.63, 3.8) is 0 Å². The molecule has 0 saturated heterocycles. The number of ether oxygens (including phenoxy) is 1. The number of allylic oxidation sites excluding steroid dienone is 3. The van der Waals surface area contributed by atoms with Crippen molar-refractivity contribution in [1.82, 2.24) is 4.57 Å². The van der Waals surface area contributed by atoms with E-state index < -0.39 is 0 Å². The molecule has 0 radical (unpaired) electrons. The summed E-state index contributed by atoms with van der Waals surface area (Å²) in [6, 6.07) is 7.97. The topological polar surface area (TPSA) is 31.2 Å². The minimum absolute atomic E-state index is 0.0559. The minimum Gasteiger partial charge on any atom is -0.375 e. The highest BCUT2D eigenvalue weighted by atomic mass is 16.5. The van der Waals surface area contributed by atoms with Crippen LogP contribution < -0.4 is 5.43 Å². The second-order valence-corrected chi connectivity index (χ2v) is 6.20. The van der Waals surface area contributed by atoms with Crippen LogP contribution in [0.2, 0.25) is 0 Å². The van der Waals surface area contributed by atoms with Gasteiger partial charge in [-0.2, -0.15) is 0 Å². The van der Waals surface area contributed by atoms with Gasteiger partial charge in [0, 0.05) is 37.2 Å². The van der Waals surface area contributed by atoms with Crippen LogP contribution in [0.3, 0.4) is 0 Å². The Labute approximate surface area is 156 Å². The second kappa shape index (κ2) is 9.73. The van der Waals surface area contributed by atoms with E-state index >= 15 is 0 Å². The molecular formula is C23H27NO2. The van der Waals surface area contributed by atoms with E-state index in [0.717, 1.165) is 16.7 Å². The second-order valence-electron chi connectivity index (χ2n) is 6.20. The average molecular weight is 349 g/mol. The molecule has 0 aliphatic carbocycles. The number of pyridine rings is 1. The lowest BCUT2D eigenvalue weighted by atomic mass is 10.0. The maximum atomic E-state index is 12.9. The zero-order chi connectivity index (χ0) is 18.9. The Balaban J connectivity index is 2.33. The predicted octanol–water partition coefficient (Wildman–Crippen LogP) is 4.78. The first kappa shape index (κ1) is 19.7. The fourth-order valence-corrected chi connectivity index (χ4v) is 2.82. The lowest BCUT2D eigenvalue weighted by Crippen LogP contribution is -2.14. The molecule has 0 aliphatic heterocycles. The highest BCUT2D eigenvalue weighted by Gasteiger charge is 2.08. The van der Waals surface area contributed by atoms with Crippen molar-refractivity contribution >= 4 is 6.08 Å². The van der Waals surface area contributed by atoms with Crippen LogP contribution in [0.4, 0.5) is 0 Å². The molecule has 0 bridgehead atoms. The van der Waals surface area contributed by atoms with Gasteiger partial charge in [-0.05, 0) is 37.5 Å². The van der Waals surface area contributed by atoms with Crippen molar-refractivity contribution in [2.75, 3.05) is 6.61 Å². The monoisotopic (exact) mass is 349 g/mol. The van der Waals surface area contributed by atoms with Gasteiger partial charge in [-0.25, -0.2) is 0 Å². The summed E-state index contributed by atoms with van der Waals surface area (Å²) < 4.78 is 7.43. The van der Waals surface area contributed by atoms with E-state index in [9.17, 15) is 4.79 Å². The van der Waals surface area contributed by atoms with Gasteiger partial charge in [-0.15, -0.1) is 0 Å². The van der Waals surface area contributed by atoms with Crippen LogP contribution in [0.5, 0.6) is 0 Å². The molecule has 2 aromatic rings. The summed E-state index contributed by atoms with van der Waals surface area (Å²) >= 11 is 0. The molecule has 0 saturated carbocycles. The summed E-state index contributed by atoms with van der Waals surface area (Å²) in [6.45, 7) is 8.34. The quantitative estimate of drug-likeness (QED) is 0.507. The van der Waals surface area contributed by atoms with E-state index in [1.54, 1.807) is 6.08 Å². The number of benzene rings is 1. The lowest BCUT2D eigenvalue weighted by molar-refractivity contribution is 0.109. The molecule has 0 fully saturated rings. The maximum absolute atomic E-state index is 12.9. The smallest absolute Gasteiger partial charge is 0.192 e. The molecule has 26 heavy (non-hydrogen) atoms. The van der Waals surface area contributed by atoms with E-state index in [1.807, 2.05) is 86.4 Å². The molecule has 0 N–H and O–H groups in total. The number of hydrogen-bond acceptors (Lipinski definition) is 2. The fourth-order valence-electron chi connectivity index (χ4n) is 2.82. The normalized spacial score (nSPS) is 12.7. The Bertz CT molecular complexity index is 859. The van der Waals surface area contributed by atoms with Gasteiger partial charge in [0.05, 0.1) is 6.10 Å². The van der Waals surface area contributed by atoms with Gasteiger partial charge in [0.2, 0.25) is 0 Å². The standard InChI is InChI=1S/C23H27NO2/c1-5-7-11-19-12-9-13-20(15-19)22-17-24(4)16-21(23(22)25)14-8-10-18(3)26-6-2/h5,7-13,15-18H,1,6,14H2,2-4H3. The Hall–Kier alpha value is -2.65. The van der Waals surface area contributed by atoms with E-state index in [4.69, 9.17) is 4.74 Å². The molecule has 3 nitrogen and oxygen atoms in total. The number of hydrogen-bond donors (Lipinski definition) is 0. The zero-order valence-electron chi connectivity index (χ0n) is 15.8. The maximum Gasteiger partial charge on any atom is 0.192 e. The lowest BCUT2D eigenvalue weighted by Gasteiger charge is -2.09. The van der Waals surface area contributed by atoms with E-state index in [0.29, 0.717) is 18.6 Å². The largest absolute Gasteiger partial charge is 0.375 e. The van der Waals surface area contributed by atoms with Crippen molar-refractivity contribution in [3.8, 4) is 11.1 Å². The number of nitrogens with zero attached hydrogens (tertiary/aromatic N) is 1.